The Bertz CT molecular complexity index is 1350. The molecule has 0 atom stereocenters. The van der Waals surface area contributed by atoms with Gasteiger partial charge in [0.15, 0.2) is 0 Å². The normalized spacial score (nSPS) is 11.6. The number of fused-ring (bicyclic) bond motifs is 1. The largest absolute Gasteiger partial charge is 0.497 e. The number of rotatable bonds is 5. The van der Waals surface area contributed by atoms with Gasteiger partial charge in [-0.05, 0) is 80.4 Å². The number of hydrogen-bond acceptors (Lipinski definition) is 5. The van der Waals surface area contributed by atoms with Crippen LogP contribution in [0.5, 0.6) is 5.75 Å². The first kappa shape index (κ1) is 21.4. The third-order valence-corrected chi connectivity index (χ3v) is 5.17. The molecular weight excluding hydrogens is 402 g/mol. The number of ether oxygens (including phenoxy) is 2. The standard InChI is InChI=1S/C27H25NO4/c1-5-31-27(29)20-7-6-8-21(15-20)28-23-16-24(19-9-11-22(30-4)12-10-19)32-25-14-17(2)13-18(3)26(23)25/h6-16H,5H2,1-4H3. The molecule has 1 heterocycles. The third kappa shape index (κ3) is 4.42. The number of benzene rings is 3. The molecule has 0 unspecified atom stereocenters. The molecule has 162 valence electrons. The van der Waals surface area contributed by atoms with Crippen LogP contribution in [-0.2, 0) is 4.74 Å². The molecule has 0 saturated carbocycles. The van der Waals surface area contributed by atoms with Gasteiger partial charge >= 0.3 is 5.97 Å². The topological polar surface area (TPSA) is 61.0 Å². The van der Waals surface area contributed by atoms with Crippen molar-refractivity contribution in [3.63, 3.8) is 0 Å². The summed E-state index contributed by atoms with van der Waals surface area (Å²) in [6.45, 7) is 6.21. The van der Waals surface area contributed by atoms with Crippen LogP contribution < -0.4 is 10.1 Å². The summed E-state index contributed by atoms with van der Waals surface area (Å²) >= 11 is 0. The van der Waals surface area contributed by atoms with Crippen molar-refractivity contribution in [2.45, 2.75) is 20.8 Å². The van der Waals surface area contributed by atoms with Crippen molar-refractivity contribution in [2.75, 3.05) is 13.7 Å². The second-order valence-electron chi connectivity index (χ2n) is 7.56. The highest BCUT2D eigenvalue weighted by Gasteiger charge is 2.11. The van der Waals surface area contributed by atoms with Gasteiger partial charge in [-0.2, -0.15) is 0 Å². The molecule has 4 aromatic rings. The summed E-state index contributed by atoms with van der Waals surface area (Å²) in [5.41, 5.74) is 5.01. The van der Waals surface area contributed by atoms with Crippen molar-refractivity contribution < 1.29 is 18.7 Å². The number of aryl methyl sites for hydroxylation is 2. The number of carbonyl (C=O) groups excluding carboxylic acids is 1. The molecule has 0 aliphatic heterocycles. The van der Waals surface area contributed by atoms with Gasteiger partial charge in [-0.15, -0.1) is 0 Å². The smallest absolute Gasteiger partial charge is 0.338 e. The van der Waals surface area contributed by atoms with Crippen LogP contribution in [0.3, 0.4) is 0 Å². The lowest BCUT2D eigenvalue weighted by molar-refractivity contribution is 0.0526. The van der Waals surface area contributed by atoms with Gasteiger partial charge in [0.1, 0.15) is 17.1 Å². The van der Waals surface area contributed by atoms with E-state index in [1.165, 1.54) is 0 Å². The lowest BCUT2D eigenvalue weighted by Gasteiger charge is -2.09. The molecule has 0 saturated heterocycles. The van der Waals surface area contributed by atoms with E-state index in [4.69, 9.17) is 18.9 Å². The molecule has 0 bridgehead atoms. The first-order chi connectivity index (χ1) is 15.5. The summed E-state index contributed by atoms with van der Waals surface area (Å²) in [6.07, 6.45) is 0. The van der Waals surface area contributed by atoms with Gasteiger partial charge in [0.2, 0.25) is 0 Å². The Morgan fingerprint density at radius 1 is 1.00 bits per heavy atom. The summed E-state index contributed by atoms with van der Waals surface area (Å²) in [5, 5.41) is 1.71. The van der Waals surface area contributed by atoms with Crippen LogP contribution in [0, 0.1) is 13.8 Å². The number of methoxy groups -OCH3 is 1. The molecule has 0 radical (unpaired) electrons. The van der Waals surface area contributed by atoms with E-state index in [0.717, 1.165) is 38.8 Å². The quantitative estimate of drug-likeness (QED) is 0.359. The van der Waals surface area contributed by atoms with Crippen molar-refractivity contribution in [1.82, 2.24) is 0 Å². The fraction of sp³-hybridized carbons (Fsp3) is 0.185. The summed E-state index contributed by atoms with van der Waals surface area (Å²) in [5.74, 6) is 1.12. The van der Waals surface area contributed by atoms with E-state index in [0.29, 0.717) is 23.6 Å². The molecule has 5 nitrogen and oxygen atoms in total. The van der Waals surface area contributed by atoms with Crippen LogP contribution in [0.4, 0.5) is 5.69 Å². The third-order valence-electron chi connectivity index (χ3n) is 5.17. The highest BCUT2D eigenvalue weighted by Crippen LogP contribution is 2.27. The predicted octanol–water partition coefficient (Wildman–Crippen LogP) is 6.13. The average Bonchev–Trinajstić information content (AvgIpc) is 2.79. The number of esters is 1. The minimum absolute atomic E-state index is 0.328. The van der Waals surface area contributed by atoms with Gasteiger partial charge < -0.3 is 13.9 Å². The van der Waals surface area contributed by atoms with Crippen LogP contribution in [0.15, 0.2) is 76.1 Å². The fourth-order valence-electron chi connectivity index (χ4n) is 3.72. The molecular formula is C27H25NO4. The Morgan fingerprint density at radius 2 is 1.78 bits per heavy atom. The predicted molar refractivity (Wildman–Crippen MR) is 125 cm³/mol. The number of nitrogens with zero attached hydrogens (tertiary/aromatic N) is 1. The van der Waals surface area contributed by atoms with E-state index in [2.05, 4.69) is 6.07 Å². The van der Waals surface area contributed by atoms with Crippen molar-refractivity contribution in [1.29, 1.82) is 0 Å². The van der Waals surface area contributed by atoms with Gasteiger partial charge in [-0.25, -0.2) is 9.79 Å². The Morgan fingerprint density at radius 3 is 2.50 bits per heavy atom. The van der Waals surface area contributed by atoms with Crippen LogP contribution in [0.2, 0.25) is 0 Å². The summed E-state index contributed by atoms with van der Waals surface area (Å²) in [6, 6.07) is 20.9. The molecule has 0 fully saturated rings. The zero-order chi connectivity index (χ0) is 22.7. The van der Waals surface area contributed by atoms with Gasteiger partial charge in [-0.3, -0.25) is 0 Å². The molecule has 1 aromatic heterocycles. The van der Waals surface area contributed by atoms with Crippen molar-refractivity contribution in [3.05, 3.63) is 88.8 Å². The second kappa shape index (κ2) is 9.10. The van der Waals surface area contributed by atoms with Crippen LogP contribution in [0.1, 0.15) is 28.4 Å². The second-order valence-corrected chi connectivity index (χ2v) is 7.56. The molecule has 4 rings (SSSR count). The Kier molecular flexibility index (Phi) is 6.08. The van der Waals surface area contributed by atoms with E-state index < -0.39 is 0 Å². The van der Waals surface area contributed by atoms with E-state index in [1.54, 1.807) is 26.2 Å². The Labute approximate surface area is 187 Å². The van der Waals surface area contributed by atoms with Crippen LogP contribution >= 0.6 is 0 Å². The molecule has 32 heavy (non-hydrogen) atoms. The highest BCUT2D eigenvalue weighted by atomic mass is 16.5. The van der Waals surface area contributed by atoms with E-state index in [-0.39, 0.29) is 5.97 Å². The molecule has 3 aromatic carbocycles. The summed E-state index contributed by atoms with van der Waals surface area (Å²) in [4.78, 5) is 17.0. The molecule has 0 N–H and O–H groups in total. The van der Waals surface area contributed by atoms with E-state index >= 15 is 0 Å². The minimum Gasteiger partial charge on any atom is -0.497 e. The lowest BCUT2D eigenvalue weighted by Crippen LogP contribution is -2.06. The van der Waals surface area contributed by atoms with Gasteiger partial charge in [0, 0.05) is 17.0 Å². The van der Waals surface area contributed by atoms with Crippen LogP contribution in [-0.4, -0.2) is 19.7 Å². The number of hydrogen-bond donors (Lipinski definition) is 0. The monoisotopic (exact) mass is 427 g/mol. The molecule has 0 amide bonds. The minimum atomic E-state index is -0.358. The maximum Gasteiger partial charge on any atom is 0.338 e. The maximum absolute atomic E-state index is 12.2. The highest BCUT2D eigenvalue weighted by molar-refractivity contribution is 5.90. The summed E-state index contributed by atoms with van der Waals surface area (Å²) < 4.78 is 16.7. The zero-order valence-corrected chi connectivity index (χ0v) is 18.6. The number of carbonyl (C=O) groups is 1. The van der Waals surface area contributed by atoms with E-state index in [9.17, 15) is 4.79 Å². The first-order valence-electron chi connectivity index (χ1n) is 10.5. The molecule has 0 aliphatic rings. The molecule has 0 aliphatic carbocycles. The first-order valence-corrected chi connectivity index (χ1v) is 10.5. The molecule has 0 spiro atoms. The zero-order valence-electron chi connectivity index (χ0n) is 18.6. The van der Waals surface area contributed by atoms with Crippen molar-refractivity contribution >= 4 is 22.6 Å². The van der Waals surface area contributed by atoms with E-state index in [1.807, 2.05) is 62.4 Å². The lowest BCUT2D eigenvalue weighted by atomic mass is 10.0. The maximum atomic E-state index is 12.2. The average molecular weight is 428 g/mol. The fourth-order valence-corrected chi connectivity index (χ4v) is 3.72. The van der Waals surface area contributed by atoms with Gasteiger partial charge in [0.25, 0.3) is 0 Å². The Balaban J connectivity index is 1.93. The SMILES string of the molecule is CCOC(=O)c1cccc(N=c2cc(-c3ccc(OC)cc3)oc3cc(C)cc(C)c23)c1. The van der Waals surface area contributed by atoms with Gasteiger partial charge in [0.05, 0.1) is 30.3 Å². The molecule has 5 heteroatoms. The van der Waals surface area contributed by atoms with Crippen LogP contribution in [0.25, 0.3) is 22.3 Å². The summed E-state index contributed by atoms with van der Waals surface area (Å²) in [7, 11) is 1.64. The Hall–Kier alpha value is -3.86. The van der Waals surface area contributed by atoms with Crippen molar-refractivity contribution in [2.24, 2.45) is 4.99 Å². The van der Waals surface area contributed by atoms with Gasteiger partial charge in [-0.1, -0.05) is 12.1 Å². The van der Waals surface area contributed by atoms with Crippen molar-refractivity contribution in [3.8, 4) is 17.1 Å².